The molecule has 1 aromatic rings. The topological polar surface area (TPSA) is 29.1 Å². The second kappa shape index (κ2) is 10.4. The second-order valence-electron chi connectivity index (χ2n) is 5.03. The van der Waals surface area contributed by atoms with Gasteiger partial charge in [-0.25, -0.2) is 4.39 Å². The Labute approximate surface area is 131 Å². The molecule has 0 spiro atoms. The van der Waals surface area contributed by atoms with E-state index in [2.05, 4.69) is 12.2 Å². The highest BCUT2D eigenvalue weighted by molar-refractivity contribution is 6.32. The van der Waals surface area contributed by atoms with Crippen LogP contribution in [0.2, 0.25) is 5.02 Å². The minimum atomic E-state index is -0.428. The Bertz CT molecular complexity index is 454. The van der Waals surface area contributed by atoms with Gasteiger partial charge in [0.25, 0.3) is 0 Å². The molecule has 21 heavy (non-hydrogen) atoms. The highest BCUT2D eigenvalue weighted by Gasteiger charge is 2.03. The van der Waals surface area contributed by atoms with Crippen molar-refractivity contribution in [2.45, 2.75) is 45.4 Å². The molecule has 0 aromatic heterocycles. The molecule has 1 amide bonds. The average Bonchev–Trinajstić information content (AvgIpc) is 2.46. The number of benzene rings is 1. The van der Waals surface area contributed by atoms with Gasteiger partial charge in [-0.15, -0.1) is 0 Å². The number of nitrogens with one attached hydrogen (secondary N) is 1. The Hall–Kier alpha value is -1.35. The molecule has 0 aliphatic carbocycles. The lowest BCUT2D eigenvalue weighted by atomic mass is 10.1. The highest BCUT2D eigenvalue weighted by Crippen LogP contribution is 2.20. The number of rotatable bonds is 9. The fourth-order valence-corrected chi connectivity index (χ4v) is 2.23. The Balaban J connectivity index is 2.26. The molecule has 0 heterocycles. The predicted molar refractivity (Wildman–Crippen MR) is 86.8 cm³/mol. The molecule has 1 aromatic carbocycles. The molecule has 0 saturated heterocycles. The van der Waals surface area contributed by atoms with Crippen molar-refractivity contribution >= 4 is 23.6 Å². The van der Waals surface area contributed by atoms with E-state index in [0.29, 0.717) is 11.6 Å². The summed E-state index contributed by atoms with van der Waals surface area (Å²) in [6, 6.07) is 4.45. The van der Waals surface area contributed by atoms with E-state index in [0.717, 1.165) is 12.8 Å². The summed E-state index contributed by atoms with van der Waals surface area (Å²) in [7, 11) is 0. The first-order chi connectivity index (χ1) is 10.1. The Morgan fingerprint density at radius 1 is 1.24 bits per heavy atom. The zero-order valence-electron chi connectivity index (χ0n) is 12.5. The molecule has 0 unspecified atom stereocenters. The number of unbranched alkanes of at least 4 members (excludes halogenated alkanes) is 5. The summed E-state index contributed by atoms with van der Waals surface area (Å²) in [6.45, 7) is 2.84. The molecule has 1 N–H and O–H groups in total. The molecule has 1 rings (SSSR count). The number of halogens is 2. The van der Waals surface area contributed by atoms with E-state index >= 15 is 0 Å². The lowest BCUT2D eigenvalue weighted by molar-refractivity contribution is -0.116. The maximum atomic E-state index is 13.5. The largest absolute Gasteiger partial charge is 0.353 e. The fraction of sp³-hybridized carbons (Fsp3) is 0.471. The van der Waals surface area contributed by atoms with Gasteiger partial charge in [0.1, 0.15) is 5.82 Å². The SMILES string of the molecule is CCCCCCCCNC(=O)C=Cc1c(F)cccc1Cl. The van der Waals surface area contributed by atoms with Crippen LogP contribution in [-0.4, -0.2) is 12.5 Å². The van der Waals surface area contributed by atoms with Crippen molar-refractivity contribution in [1.82, 2.24) is 5.32 Å². The van der Waals surface area contributed by atoms with Gasteiger partial charge in [-0.3, -0.25) is 4.79 Å². The third-order valence-electron chi connectivity index (χ3n) is 3.23. The predicted octanol–water partition coefficient (Wildman–Crippen LogP) is 4.97. The summed E-state index contributed by atoms with van der Waals surface area (Å²) in [5.41, 5.74) is 0.244. The van der Waals surface area contributed by atoms with Crippen molar-refractivity contribution in [1.29, 1.82) is 0 Å². The molecular weight excluding hydrogens is 289 g/mol. The molecule has 0 aliphatic rings. The lowest BCUT2D eigenvalue weighted by Crippen LogP contribution is -2.21. The smallest absolute Gasteiger partial charge is 0.244 e. The molecule has 0 radical (unpaired) electrons. The first-order valence-corrected chi connectivity index (χ1v) is 7.93. The molecule has 0 aliphatic heterocycles. The van der Waals surface area contributed by atoms with Gasteiger partial charge in [-0.05, 0) is 24.6 Å². The van der Waals surface area contributed by atoms with Crippen molar-refractivity contribution in [3.63, 3.8) is 0 Å². The van der Waals surface area contributed by atoms with Gasteiger partial charge in [0, 0.05) is 18.2 Å². The van der Waals surface area contributed by atoms with Crippen LogP contribution in [0.3, 0.4) is 0 Å². The first kappa shape index (κ1) is 17.7. The van der Waals surface area contributed by atoms with Crippen LogP contribution in [0.1, 0.15) is 51.0 Å². The van der Waals surface area contributed by atoms with Crippen LogP contribution in [0.4, 0.5) is 4.39 Å². The quantitative estimate of drug-likeness (QED) is 0.506. The number of hydrogen-bond donors (Lipinski definition) is 1. The minimum Gasteiger partial charge on any atom is -0.353 e. The van der Waals surface area contributed by atoms with Crippen LogP contribution < -0.4 is 5.32 Å². The Kier molecular flexibility index (Phi) is 8.76. The molecule has 0 atom stereocenters. The van der Waals surface area contributed by atoms with Gasteiger partial charge in [0.15, 0.2) is 0 Å². The van der Waals surface area contributed by atoms with E-state index in [1.165, 1.54) is 50.0 Å². The Morgan fingerprint density at radius 3 is 2.67 bits per heavy atom. The van der Waals surface area contributed by atoms with Gasteiger partial charge in [0.2, 0.25) is 5.91 Å². The van der Waals surface area contributed by atoms with E-state index in [1.807, 2.05) is 0 Å². The van der Waals surface area contributed by atoms with Crippen molar-refractivity contribution in [3.8, 4) is 0 Å². The lowest BCUT2D eigenvalue weighted by Gasteiger charge is -2.03. The zero-order valence-corrected chi connectivity index (χ0v) is 13.3. The van der Waals surface area contributed by atoms with Crippen LogP contribution in [-0.2, 0) is 4.79 Å². The van der Waals surface area contributed by atoms with Crippen molar-refractivity contribution in [3.05, 3.63) is 40.7 Å². The summed E-state index contributed by atoms with van der Waals surface area (Å²) in [4.78, 5) is 11.6. The van der Waals surface area contributed by atoms with Crippen molar-refractivity contribution < 1.29 is 9.18 Å². The summed E-state index contributed by atoms with van der Waals surface area (Å²) >= 11 is 5.88. The van der Waals surface area contributed by atoms with Gasteiger partial charge >= 0.3 is 0 Å². The van der Waals surface area contributed by atoms with Crippen molar-refractivity contribution in [2.75, 3.05) is 6.54 Å². The Morgan fingerprint density at radius 2 is 1.95 bits per heavy atom. The molecule has 4 heteroatoms. The number of hydrogen-bond acceptors (Lipinski definition) is 1. The van der Waals surface area contributed by atoms with Gasteiger partial charge in [-0.2, -0.15) is 0 Å². The first-order valence-electron chi connectivity index (χ1n) is 7.55. The van der Waals surface area contributed by atoms with E-state index in [1.54, 1.807) is 6.07 Å². The maximum absolute atomic E-state index is 13.5. The average molecular weight is 312 g/mol. The third kappa shape index (κ3) is 7.28. The number of amides is 1. The fourth-order valence-electron chi connectivity index (χ4n) is 2.00. The van der Waals surface area contributed by atoms with Crippen LogP contribution in [0.25, 0.3) is 6.08 Å². The zero-order chi connectivity index (χ0) is 15.5. The summed E-state index contributed by atoms with van der Waals surface area (Å²) in [6.07, 6.45) is 9.82. The highest BCUT2D eigenvalue weighted by atomic mass is 35.5. The molecule has 116 valence electrons. The third-order valence-corrected chi connectivity index (χ3v) is 3.56. The standard InChI is InChI=1S/C17H23ClFNO/c1-2-3-4-5-6-7-13-20-17(21)12-11-14-15(18)9-8-10-16(14)19/h8-12H,2-7,13H2,1H3,(H,20,21). The van der Waals surface area contributed by atoms with E-state index in [9.17, 15) is 9.18 Å². The number of carbonyl (C=O) groups excluding carboxylic acids is 1. The summed E-state index contributed by atoms with van der Waals surface area (Å²) < 4.78 is 13.5. The molecular formula is C17H23ClFNO. The molecule has 0 saturated carbocycles. The van der Waals surface area contributed by atoms with E-state index < -0.39 is 5.82 Å². The van der Waals surface area contributed by atoms with E-state index in [4.69, 9.17) is 11.6 Å². The van der Waals surface area contributed by atoms with Crippen LogP contribution in [0, 0.1) is 5.82 Å². The summed E-state index contributed by atoms with van der Waals surface area (Å²) in [5, 5.41) is 3.09. The van der Waals surface area contributed by atoms with E-state index in [-0.39, 0.29) is 11.5 Å². The molecule has 2 nitrogen and oxygen atoms in total. The second-order valence-corrected chi connectivity index (χ2v) is 5.43. The monoisotopic (exact) mass is 311 g/mol. The minimum absolute atomic E-state index is 0.220. The molecule has 0 bridgehead atoms. The van der Waals surface area contributed by atoms with Crippen LogP contribution in [0.15, 0.2) is 24.3 Å². The summed E-state index contributed by atoms with van der Waals surface area (Å²) in [5.74, 6) is -0.648. The maximum Gasteiger partial charge on any atom is 0.244 e. The normalized spacial score (nSPS) is 11.0. The van der Waals surface area contributed by atoms with Crippen LogP contribution in [0.5, 0.6) is 0 Å². The van der Waals surface area contributed by atoms with Gasteiger partial charge in [-0.1, -0.05) is 56.7 Å². The van der Waals surface area contributed by atoms with Gasteiger partial charge < -0.3 is 5.32 Å². The van der Waals surface area contributed by atoms with Crippen LogP contribution >= 0.6 is 11.6 Å². The number of carbonyl (C=O) groups is 1. The van der Waals surface area contributed by atoms with Gasteiger partial charge in [0.05, 0.1) is 5.02 Å². The molecule has 0 fully saturated rings. The van der Waals surface area contributed by atoms with Crippen molar-refractivity contribution in [2.24, 2.45) is 0 Å².